The summed E-state index contributed by atoms with van der Waals surface area (Å²) >= 11 is 11.9. The number of hydrogen-bond donors (Lipinski definition) is 1. The van der Waals surface area contributed by atoms with Crippen LogP contribution < -0.4 is 5.73 Å². The molecule has 0 aliphatic heterocycles. The molecule has 5 heteroatoms. The van der Waals surface area contributed by atoms with Gasteiger partial charge in [0.2, 0.25) is 0 Å². The number of hydrogen-bond acceptors (Lipinski definition) is 3. The van der Waals surface area contributed by atoms with E-state index in [2.05, 4.69) is 0 Å². The zero-order valence-electron chi connectivity index (χ0n) is 10.8. The Hall–Kier alpha value is -1.71. The van der Waals surface area contributed by atoms with Crippen LogP contribution in [0.5, 0.6) is 0 Å². The molecule has 0 fully saturated rings. The monoisotopic (exact) mass is 309 g/mol. The van der Waals surface area contributed by atoms with Crippen LogP contribution in [0.25, 0.3) is 0 Å². The zero-order valence-corrected chi connectivity index (χ0v) is 12.3. The van der Waals surface area contributed by atoms with Crippen molar-refractivity contribution < 1.29 is 9.53 Å². The number of rotatable bonds is 3. The minimum absolute atomic E-state index is 0.0472. The highest BCUT2D eigenvalue weighted by molar-refractivity contribution is 6.42. The van der Waals surface area contributed by atoms with Gasteiger partial charge in [-0.3, -0.25) is 0 Å². The van der Waals surface area contributed by atoms with Crippen molar-refractivity contribution in [3.05, 3.63) is 63.1 Å². The fourth-order valence-electron chi connectivity index (χ4n) is 1.74. The van der Waals surface area contributed by atoms with Gasteiger partial charge in [-0.25, -0.2) is 4.79 Å². The molecule has 3 nitrogen and oxygen atoms in total. The van der Waals surface area contributed by atoms with Gasteiger partial charge in [-0.1, -0.05) is 47.5 Å². The number of aryl methyl sites for hydroxylation is 1. The highest BCUT2D eigenvalue weighted by Crippen LogP contribution is 2.26. The molecule has 2 aromatic carbocycles. The van der Waals surface area contributed by atoms with Crippen molar-refractivity contribution in [2.45, 2.75) is 13.5 Å². The molecule has 0 aliphatic carbocycles. The largest absolute Gasteiger partial charge is 0.457 e. The van der Waals surface area contributed by atoms with Crippen molar-refractivity contribution in [3.8, 4) is 0 Å². The van der Waals surface area contributed by atoms with Crippen molar-refractivity contribution in [1.29, 1.82) is 0 Å². The quantitative estimate of drug-likeness (QED) is 0.681. The molecule has 2 aromatic rings. The molecule has 0 unspecified atom stereocenters. The third-order valence-corrected chi connectivity index (χ3v) is 3.79. The van der Waals surface area contributed by atoms with Crippen LogP contribution in [0.15, 0.2) is 36.4 Å². The molecule has 20 heavy (non-hydrogen) atoms. The van der Waals surface area contributed by atoms with E-state index in [1.165, 1.54) is 0 Å². The fraction of sp³-hybridized carbons (Fsp3) is 0.133. The normalized spacial score (nSPS) is 10.3. The van der Waals surface area contributed by atoms with Crippen LogP contribution in [0.3, 0.4) is 0 Å². The van der Waals surface area contributed by atoms with Crippen LogP contribution in [0, 0.1) is 6.92 Å². The fourth-order valence-corrected chi connectivity index (χ4v) is 2.11. The number of esters is 1. The minimum Gasteiger partial charge on any atom is -0.457 e. The van der Waals surface area contributed by atoms with Gasteiger partial charge in [0.05, 0.1) is 15.6 Å². The second-order valence-corrected chi connectivity index (χ2v) is 5.11. The Kier molecular flexibility index (Phi) is 4.53. The summed E-state index contributed by atoms with van der Waals surface area (Å²) in [6.45, 7) is 1.88. The van der Waals surface area contributed by atoms with E-state index in [1.807, 2.05) is 13.0 Å². The number of carbonyl (C=O) groups is 1. The van der Waals surface area contributed by atoms with E-state index < -0.39 is 5.97 Å². The van der Waals surface area contributed by atoms with Crippen molar-refractivity contribution in [1.82, 2.24) is 0 Å². The molecule has 2 rings (SSSR count). The van der Waals surface area contributed by atoms with Crippen molar-refractivity contribution in [2.75, 3.05) is 5.73 Å². The number of halogens is 2. The lowest BCUT2D eigenvalue weighted by atomic mass is 10.1. The highest BCUT2D eigenvalue weighted by atomic mass is 35.5. The number of para-hydroxylation sites is 1. The molecule has 0 heterocycles. The number of nitrogens with two attached hydrogens (primary N) is 1. The van der Waals surface area contributed by atoms with Crippen molar-refractivity contribution in [2.24, 2.45) is 0 Å². The highest BCUT2D eigenvalue weighted by Gasteiger charge is 2.13. The number of ether oxygens (including phenoxy) is 1. The van der Waals surface area contributed by atoms with Crippen LogP contribution >= 0.6 is 23.2 Å². The van der Waals surface area contributed by atoms with Crippen LogP contribution in [0.1, 0.15) is 21.5 Å². The maximum atomic E-state index is 12.0. The number of nitrogen functional groups attached to an aromatic ring is 1. The molecular weight excluding hydrogens is 297 g/mol. The summed E-state index contributed by atoms with van der Waals surface area (Å²) in [7, 11) is 0. The predicted octanol–water partition coefficient (Wildman–Crippen LogP) is 4.24. The van der Waals surface area contributed by atoms with E-state index in [9.17, 15) is 4.79 Å². The smallest absolute Gasteiger partial charge is 0.340 e. The first kappa shape index (κ1) is 14.7. The third kappa shape index (κ3) is 3.06. The Morgan fingerprint density at radius 1 is 1.20 bits per heavy atom. The van der Waals surface area contributed by atoms with Gasteiger partial charge < -0.3 is 10.5 Å². The Balaban J connectivity index is 2.13. The first-order valence-corrected chi connectivity index (χ1v) is 6.71. The maximum Gasteiger partial charge on any atom is 0.340 e. The van der Waals surface area contributed by atoms with Crippen molar-refractivity contribution >= 4 is 34.9 Å². The number of anilines is 1. The summed E-state index contributed by atoms with van der Waals surface area (Å²) in [5, 5.41) is 0.814. The molecule has 0 spiro atoms. The van der Waals surface area contributed by atoms with Crippen LogP contribution in [0.4, 0.5) is 5.69 Å². The molecule has 0 radical (unpaired) electrons. The molecule has 0 amide bonds. The van der Waals surface area contributed by atoms with Gasteiger partial charge in [0.15, 0.2) is 0 Å². The van der Waals surface area contributed by atoms with Gasteiger partial charge in [0.1, 0.15) is 6.61 Å². The van der Waals surface area contributed by atoms with Gasteiger partial charge in [-0.05, 0) is 24.6 Å². The van der Waals surface area contributed by atoms with Gasteiger partial charge in [0.25, 0.3) is 0 Å². The molecule has 0 bridgehead atoms. The molecular formula is C15H13Cl2NO2. The lowest BCUT2D eigenvalue weighted by molar-refractivity contribution is 0.0474. The molecule has 104 valence electrons. The summed E-state index contributed by atoms with van der Waals surface area (Å²) in [5.41, 5.74) is 8.12. The average molecular weight is 310 g/mol. The summed E-state index contributed by atoms with van der Waals surface area (Å²) < 4.78 is 5.22. The molecule has 2 N–H and O–H groups in total. The molecule has 0 atom stereocenters. The summed E-state index contributed by atoms with van der Waals surface area (Å²) in [6.07, 6.45) is 0. The predicted molar refractivity (Wildman–Crippen MR) is 81.2 cm³/mol. The SMILES string of the molecule is Cc1cccc(C(=O)OCc2cccc(Cl)c2Cl)c1N. The minimum atomic E-state index is -0.484. The summed E-state index contributed by atoms with van der Waals surface area (Å²) in [4.78, 5) is 12.0. The van der Waals surface area contributed by atoms with E-state index in [-0.39, 0.29) is 6.61 Å². The van der Waals surface area contributed by atoms with Crippen LogP contribution in [-0.2, 0) is 11.3 Å². The first-order valence-electron chi connectivity index (χ1n) is 5.96. The Bertz CT molecular complexity index is 656. The van der Waals surface area contributed by atoms with E-state index in [1.54, 1.807) is 30.3 Å². The molecule has 0 aromatic heterocycles. The number of carbonyl (C=O) groups excluding carboxylic acids is 1. The van der Waals surface area contributed by atoms with Crippen LogP contribution in [0.2, 0.25) is 10.0 Å². The second kappa shape index (κ2) is 6.16. The first-order chi connectivity index (χ1) is 9.50. The van der Waals surface area contributed by atoms with E-state index in [0.29, 0.717) is 26.9 Å². The van der Waals surface area contributed by atoms with Gasteiger partial charge >= 0.3 is 5.97 Å². The zero-order chi connectivity index (χ0) is 14.7. The Labute approximate surface area is 127 Å². The van der Waals surface area contributed by atoms with E-state index in [4.69, 9.17) is 33.7 Å². The van der Waals surface area contributed by atoms with E-state index >= 15 is 0 Å². The van der Waals surface area contributed by atoms with Crippen molar-refractivity contribution in [3.63, 3.8) is 0 Å². The molecule has 0 aliphatic rings. The van der Waals surface area contributed by atoms with Gasteiger partial charge in [0, 0.05) is 11.3 Å². The Morgan fingerprint density at radius 3 is 2.65 bits per heavy atom. The number of benzene rings is 2. The summed E-state index contributed by atoms with van der Waals surface area (Å²) in [6, 6.07) is 10.4. The Morgan fingerprint density at radius 2 is 1.90 bits per heavy atom. The standard InChI is InChI=1S/C15H13Cl2NO2/c1-9-4-2-6-11(14(9)18)15(19)20-8-10-5-3-7-12(16)13(10)17/h2-7H,8,18H2,1H3. The van der Waals surface area contributed by atoms with Gasteiger partial charge in [-0.15, -0.1) is 0 Å². The second-order valence-electron chi connectivity index (χ2n) is 4.33. The lowest BCUT2D eigenvalue weighted by Gasteiger charge is -2.10. The topological polar surface area (TPSA) is 52.3 Å². The van der Waals surface area contributed by atoms with Crippen LogP contribution in [-0.4, -0.2) is 5.97 Å². The molecule has 0 saturated carbocycles. The maximum absolute atomic E-state index is 12.0. The van der Waals surface area contributed by atoms with E-state index in [0.717, 1.165) is 5.56 Å². The molecule has 0 saturated heterocycles. The lowest BCUT2D eigenvalue weighted by Crippen LogP contribution is -2.09. The third-order valence-electron chi connectivity index (χ3n) is 2.93. The van der Waals surface area contributed by atoms with Gasteiger partial charge in [-0.2, -0.15) is 0 Å². The average Bonchev–Trinajstić information content (AvgIpc) is 2.43. The summed E-state index contributed by atoms with van der Waals surface area (Å²) in [5.74, 6) is -0.484.